The van der Waals surface area contributed by atoms with Gasteiger partial charge in [-0.3, -0.25) is 4.99 Å². The van der Waals surface area contributed by atoms with Gasteiger partial charge in [0, 0.05) is 28.9 Å². The fraction of sp³-hybridized carbons (Fsp3) is 0.182. The minimum atomic E-state index is -0.913. The minimum Gasteiger partial charge on any atom is -0.478 e. The van der Waals surface area contributed by atoms with E-state index < -0.39 is 5.97 Å². The Hall–Kier alpha value is -3.14. The van der Waals surface area contributed by atoms with Crippen molar-refractivity contribution < 1.29 is 9.90 Å². The van der Waals surface area contributed by atoms with Crippen LogP contribution in [-0.2, 0) is 6.54 Å². The van der Waals surface area contributed by atoms with Crippen molar-refractivity contribution in [1.29, 1.82) is 0 Å². The molecule has 0 saturated heterocycles. The molecule has 0 fully saturated rings. The molecule has 4 heteroatoms. The number of aryl methyl sites for hydroxylation is 2. The van der Waals surface area contributed by atoms with E-state index in [1.807, 2.05) is 6.21 Å². The second-order valence-electron chi connectivity index (χ2n) is 6.47. The predicted octanol–water partition coefficient (Wildman–Crippen LogP) is 4.72. The summed E-state index contributed by atoms with van der Waals surface area (Å²) in [6, 6.07) is 17.4. The van der Waals surface area contributed by atoms with E-state index in [9.17, 15) is 4.79 Å². The summed E-state index contributed by atoms with van der Waals surface area (Å²) in [7, 11) is 0. The predicted molar refractivity (Wildman–Crippen MR) is 105 cm³/mol. The third-order valence-corrected chi connectivity index (χ3v) is 4.44. The molecule has 132 valence electrons. The number of aromatic carboxylic acids is 1. The van der Waals surface area contributed by atoms with Gasteiger partial charge in [0.25, 0.3) is 0 Å². The second-order valence-corrected chi connectivity index (χ2v) is 6.47. The molecule has 3 aromatic rings. The highest BCUT2D eigenvalue weighted by molar-refractivity contribution is 5.87. The van der Waals surface area contributed by atoms with Gasteiger partial charge in [-0.05, 0) is 62.2 Å². The average Bonchev–Trinajstić information content (AvgIpc) is 2.89. The third kappa shape index (κ3) is 3.75. The molecular formula is C22H22N2O2. The first-order chi connectivity index (χ1) is 12.5. The van der Waals surface area contributed by atoms with E-state index >= 15 is 0 Å². The van der Waals surface area contributed by atoms with Gasteiger partial charge in [-0.15, -0.1) is 0 Å². The molecule has 1 N–H and O–H groups in total. The smallest absolute Gasteiger partial charge is 0.335 e. The summed E-state index contributed by atoms with van der Waals surface area (Å²) in [5, 5.41) is 8.94. The van der Waals surface area contributed by atoms with Crippen LogP contribution in [0.25, 0.3) is 5.69 Å². The first-order valence-corrected chi connectivity index (χ1v) is 8.54. The van der Waals surface area contributed by atoms with Crippen molar-refractivity contribution in [3.63, 3.8) is 0 Å². The molecule has 0 amide bonds. The van der Waals surface area contributed by atoms with E-state index in [1.165, 1.54) is 11.3 Å². The van der Waals surface area contributed by atoms with Crippen LogP contribution in [0.5, 0.6) is 0 Å². The Morgan fingerprint density at radius 2 is 1.81 bits per heavy atom. The van der Waals surface area contributed by atoms with Gasteiger partial charge in [0.2, 0.25) is 0 Å². The molecule has 0 saturated carbocycles. The Kier molecular flexibility index (Phi) is 5.03. The molecule has 0 aliphatic heterocycles. The maximum Gasteiger partial charge on any atom is 0.335 e. The van der Waals surface area contributed by atoms with Crippen molar-refractivity contribution in [3.8, 4) is 5.69 Å². The normalized spacial score (nSPS) is 11.2. The number of rotatable bonds is 5. The van der Waals surface area contributed by atoms with E-state index in [4.69, 9.17) is 5.11 Å². The third-order valence-electron chi connectivity index (χ3n) is 4.44. The number of carbonyl (C=O) groups is 1. The van der Waals surface area contributed by atoms with E-state index in [0.717, 1.165) is 22.5 Å². The maximum absolute atomic E-state index is 10.9. The SMILES string of the molecule is Cc1cccc(-n2c(C)cc(C=NCc3ccc(C(=O)O)cc3)c2C)c1. The van der Waals surface area contributed by atoms with Crippen molar-refractivity contribution in [2.24, 2.45) is 4.99 Å². The molecule has 4 nitrogen and oxygen atoms in total. The molecular weight excluding hydrogens is 324 g/mol. The van der Waals surface area contributed by atoms with Gasteiger partial charge in [-0.1, -0.05) is 24.3 Å². The van der Waals surface area contributed by atoms with E-state index in [0.29, 0.717) is 12.1 Å². The Labute approximate surface area is 153 Å². The van der Waals surface area contributed by atoms with Gasteiger partial charge >= 0.3 is 5.97 Å². The van der Waals surface area contributed by atoms with Gasteiger partial charge in [0.15, 0.2) is 0 Å². The Balaban J connectivity index is 1.79. The summed E-state index contributed by atoms with van der Waals surface area (Å²) in [5.41, 5.74) is 7.07. The van der Waals surface area contributed by atoms with Crippen molar-refractivity contribution in [3.05, 3.63) is 88.2 Å². The van der Waals surface area contributed by atoms with Gasteiger partial charge in [0.05, 0.1) is 12.1 Å². The number of carboxylic acids is 1. The molecule has 26 heavy (non-hydrogen) atoms. The van der Waals surface area contributed by atoms with Crippen molar-refractivity contribution in [2.75, 3.05) is 0 Å². The fourth-order valence-corrected chi connectivity index (χ4v) is 3.08. The lowest BCUT2D eigenvalue weighted by molar-refractivity contribution is 0.0697. The standard InChI is InChI=1S/C22H22N2O2/c1-15-5-4-6-21(11-15)24-16(2)12-20(17(24)3)14-23-13-18-7-9-19(10-8-18)22(25)26/h4-12,14H,13H2,1-3H3,(H,25,26). The molecule has 0 unspecified atom stereocenters. The van der Waals surface area contributed by atoms with E-state index in [1.54, 1.807) is 24.3 Å². The molecule has 3 rings (SSSR count). The molecule has 1 heterocycles. The van der Waals surface area contributed by atoms with Gasteiger partial charge in [-0.2, -0.15) is 0 Å². The molecule has 0 radical (unpaired) electrons. The zero-order chi connectivity index (χ0) is 18.7. The summed E-state index contributed by atoms with van der Waals surface area (Å²) in [4.78, 5) is 15.4. The first kappa shape index (κ1) is 17.7. The first-order valence-electron chi connectivity index (χ1n) is 8.54. The zero-order valence-corrected chi connectivity index (χ0v) is 15.2. The monoisotopic (exact) mass is 346 g/mol. The number of carboxylic acid groups (broad SMARTS) is 1. The van der Waals surface area contributed by atoms with Gasteiger partial charge in [0.1, 0.15) is 0 Å². The molecule has 0 atom stereocenters. The van der Waals surface area contributed by atoms with E-state index in [-0.39, 0.29) is 0 Å². The highest BCUT2D eigenvalue weighted by Gasteiger charge is 2.09. The zero-order valence-electron chi connectivity index (χ0n) is 15.2. The number of benzene rings is 2. The number of aromatic nitrogens is 1. The molecule has 0 bridgehead atoms. The van der Waals surface area contributed by atoms with Crippen LogP contribution < -0.4 is 0 Å². The number of hydrogen-bond acceptors (Lipinski definition) is 2. The van der Waals surface area contributed by atoms with E-state index in [2.05, 4.69) is 60.7 Å². The Morgan fingerprint density at radius 3 is 2.46 bits per heavy atom. The largest absolute Gasteiger partial charge is 0.478 e. The van der Waals surface area contributed by atoms with Crippen molar-refractivity contribution >= 4 is 12.2 Å². The fourth-order valence-electron chi connectivity index (χ4n) is 3.08. The summed E-state index contributed by atoms with van der Waals surface area (Å²) < 4.78 is 2.23. The van der Waals surface area contributed by atoms with Crippen LogP contribution >= 0.6 is 0 Å². The van der Waals surface area contributed by atoms with Gasteiger partial charge < -0.3 is 9.67 Å². The quantitative estimate of drug-likeness (QED) is 0.680. The van der Waals surface area contributed by atoms with Crippen LogP contribution in [0.3, 0.4) is 0 Å². The highest BCUT2D eigenvalue weighted by atomic mass is 16.4. The van der Waals surface area contributed by atoms with Crippen molar-refractivity contribution in [1.82, 2.24) is 4.57 Å². The lowest BCUT2D eigenvalue weighted by atomic mass is 10.1. The Bertz CT molecular complexity index is 966. The highest BCUT2D eigenvalue weighted by Crippen LogP contribution is 2.20. The number of nitrogens with zero attached hydrogens (tertiary/aromatic N) is 2. The maximum atomic E-state index is 10.9. The van der Waals surface area contributed by atoms with Crippen LogP contribution in [0.1, 0.15) is 38.4 Å². The van der Waals surface area contributed by atoms with Gasteiger partial charge in [-0.25, -0.2) is 4.79 Å². The lowest BCUT2D eigenvalue weighted by Gasteiger charge is -2.10. The molecule has 1 aromatic heterocycles. The molecule has 2 aromatic carbocycles. The van der Waals surface area contributed by atoms with Crippen LogP contribution in [-0.4, -0.2) is 21.9 Å². The topological polar surface area (TPSA) is 54.6 Å². The van der Waals surface area contributed by atoms with Crippen LogP contribution in [0, 0.1) is 20.8 Å². The molecule has 0 aliphatic rings. The molecule has 0 spiro atoms. The van der Waals surface area contributed by atoms with Crippen LogP contribution in [0.2, 0.25) is 0 Å². The molecule has 0 aliphatic carbocycles. The van der Waals surface area contributed by atoms with Crippen LogP contribution in [0.15, 0.2) is 59.6 Å². The number of aliphatic imine (C=N–C) groups is 1. The summed E-state index contributed by atoms with van der Waals surface area (Å²) in [6.45, 7) is 6.80. The van der Waals surface area contributed by atoms with Crippen molar-refractivity contribution in [2.45, 2.75) is 27.3 Å². The number of hydrogen-bond donors (Lipinski definition) is 1. The second kappa shape index (κ2) is 7.40. The minimum absolute atomic E-state index is 0.291. The average molecular weight is 346 g/mol. The van der Waals surface area contributed by atoms with Crippen LogP contribution in [0.4, 0.5) is 0 Å². The summed E-state index contributed by atoms with van der Waals surface area (Å²) in [5.74, 6) is -0.913. The summed E-state index contributed by atoms with van der Waals surface area (Å²) in [6.07, 6.45) is 1.89. The Morgan fingerprint density at radius 1 is 1.08 bits per heavy atom. The summed E-state index contributed by atoms with van der Waals surface area (Å²) >= 11 is 0. The lowest BCUT2D eigenvalue weighted by Crippen LogP contribution is -1.99.